The smallest absolute Gasteiger partial charge is 0.236 e. The molecule has 2 atom stereocenters. The highest BCUT2D eigenvalue weighted by atomic mass is 16.5. The Kier molecular flexibility index (Phi) is 6.69. The zero-order chi connectivity index (χ0) is 16.0. The molecule has 0 bridgehead atoms. The third-order valence-corrected chi connectivity index (χ3v) is 5.45. The van der Waals surface area contributed by atoms with Crippen LogP contribution in [-0.2, 0) is 9.53 Å². The summed E-state index contributed by atoms with van der Waals surface area (Å²) in [4.78, 5) is 14.4. The lowest BCUT2D eigenvalue weighted by molar-refractivity contribution is -0.135. The molecule has 1 amide bonds. The van der Waals surface area contributed by atoms with Gasteiger partial charge in [0.1, 0.15) is 0 Å². The average molecular weight is 310 g/mol. The van der Waals surface area contributed by atoms with E-state index in [0.717, 1.165) is 45.4 Å². The number of hydrogen-bond donors (Lipinski definition) is 1. The van der Waals surface area contributed by atoms with Gasteiger partial charge in [-0.1, -0.05) is 40.0 Å². The predicted octanol–water partition coefficient (Wildman–Crippen LogP) is 2.96. The maximum absolute atomic E-state index is 12.3. The minimum Gasteiger partial charge on any atom is -0.378 e. The van der Waals surface area contributed by atoms with Gasteiger partial charge in [0.2, 0.25) is 5.91 Å². The van der Waals surface area contributed by atoms with Crippen molar-refractivity contribution in [2.24, 2.45) is 5.41 Å². The van der Waals surface area contributed by atoms with Gasteiger partial charge in [0, 0.05) is 31.2 Å². The largest absolute Gasteiger partial charge is 0.378 e. The summed E-state index contributed by atoms with van der Waals surface area (Å²) in [5.41, 5.74) is 0.132. The fraction of sp³-hybridized carbons (Fsp3) is 0.944. The van der Waals surface area contributed by atoms with Gasteiger partial charge in [0.25, 0.3) is 0 Å². The number of amides is 1. The van der Waals surface area contributed by atoms with Crippen molar-refractivity contribution in [2.75, 3.05) is 26.2 Å². The highest BCUT2D eigenvalue weighted by Crippen LogP contribution is 2.42. The van der Waals surface area contributed by atoms with E-state index in [1.54, 1.807) is 0 Å². The quantitative estimate of drug-likeness (QED) is 0.735. The molecule has 1 aliphatic heterocycles. The van der Waals surface area contributed by atoms with E-state index < -0.39 is 0 Å². The van der Waals surface area contributed by atoms with Gasteiger partial charge in [0.15, 0.2) is 0 Å². The molecule has 0 radical (unpaired) electrons. The molecule has 0 spiro atoms. The summed E-state index contributed by atoms with van der Waals surface area (Å²) in [6, 6.07) is 0.398. The highest BCUT2D eigenvalue weighted by molar-refractivity contribution is 5.78. The number of ether oxygens (including phenoxy) is 1. The SMILES string of the molecule is CCCCOC1CC(NCC(=O)N2CCCCCC2)C1(C)C. The molecule has 2 fully saturated rings. The maximum atomic E-state index is 12.3. The Morgan fingerprint density at radius 3 is 2.50 bits per heavy atom. The second-order valence-electron chi connectivity index (χ2n) is 7.50. The summed E-state index contributed by atoms with van der Waals surface area (Å²) in [6.45, 7) is 9.92. The molecule has 2 rings (SSSR count). The molecule has 2 unspecified atom stereocenters. The molecular formula is C18H34N2O2. The van der Waals surface area contributed by atoms with Crippen molar-refractivity contribution in [2.45, 2.75) is 77.9 Å². The summed E-state index contributed by atoms with van der Waals surface area (Å²) in [5, 5.41) is 3.48. The summed E-state index contributed by atoms with van der Waals surface area (Å²) in [6.07, 6.45) is 8.54. The van der Waals surface area contributed by atoms with Crippen LogP contribution in [0.4, 0.5) is 0 Å². The molecule has 1 heterocycles. The van der Waals surface area contributed by atoms with Crippen molar-refractivity contribution in [1.29, 1.82) is 0 Å². The molecule has 22 heavy (non-hydrogen) atoms. The van der Waals surface area contributed by atoms with Gasteiger partial charge in [-0.2, -0.15) is 0 Å². The first-order chi connectivity index (χ1) is 10.6. The van der Waals surface area contributed by atoms with Crippen LogP contribution in [-0.4, -0.2) is 49.2 Å². The van der Waals surface area contributed by atoms with Crippen molar-refractivity contribution in [3.05, 3.63) is 0 Å². The van der Waals surface area contributed by atoms with E-state index in [1.165, 1.54) is 19.3 Å². The zero-order valence-electron chi connectivity index (χ0n) is 14.7. The second kappa shape index (κ2) is 8.30. The van der Waals surface area contributed by atoms with Crippen LogP contribution in [0.1, 0.15) is 65.7 Å². The van der Waals surface area contributed by atoms with E-state index in [2.05, 4.69) is 26.1 Å². The van der Waals surface area contributed by atoms with Crippen LogP contribution < -0.4 is 5.32 Å². The van der Waals surface area contributed by atoms with Crippen LogP contribution in [0.25, 0.3) is 0 Å². The number of unbranched alkanes of at least 4 members (excludes halogenated alkanes) is 1. The van der Waals surface area contributed by atoms with Gasteiger partial charge in [0.05, 0.1) is 12.6 Å². The van der Waals surface area contributed by atoms with Crippen molar-refractivity contribution in [3.63, 3.8) is 0 Å². The third-order valence-electron chi connectivity index (χ3n) is 5.45. The minimum absolute atomic E-state index is 0.132. The number of hydrogen-bond acceptors (Lipinski definition) is 3. The normalized spacial score (nSPS) is 28.0. The molecule has 0 aromatic rings. The van der Waals surface area contributed by atoms with Crippen molar-refractivity contribution >= 4 is 5.91 Å². The fourth-order valence-electron chi connectivity index (χ4n) is 3.53. The van der Waals surface area contributed by atoms with Crippen molar-refractivity contribution in [3.8, 4) is 0 Å². The van der Waals surface area contributed by atoms with Crippen LogP contribution >= 0.6 is 0 Å². The molecule has 1 N–H and O–H groups in total. The van der Waals surface area contributed by atoms with Crippen molar-refractivity contribution in [1.82, 2.24) is 10.2 Å². The van der Waals surface area contributed by atoms with Crippen LogP contribution in [0.2, 0.25) is 0 Å². The Hall–Kier alpha value is -0.610. The summed E-state index contributed by atoms with van der Waals surface area (Å²) >= 11 is 0. The topological polar surface area (TPSA) is 41.6 Å². The molecule has 2 aliphatic rings. The Bertz CT molecular complexity index is 349. The number of nitrogens with one attached hydrogen (secondary N) is 1. The van der Waals surface area contributed by atoms with E-state index >= 15 is 0 Å². The molecular weight excluding hydrogens is 276 g/mol. The van der Waals surface area contributed by atoms with Gasteiger partial charge < -0.3 is 15.0 Å². The Morgan fingerprint density at radius 2 is 1.91 bits per heavy atom. The van der Waals surface area contributed by atoms with E-state index in [4.69, 9.17) is 4.74 Å². The van der Waals surface area contributed by atoms with Gasteiger partial charge in [-0.3, -0.25) is 4.79 Å². The molecule has 4 heteroatoms. The maximum Gasteiger partial charge on any atom is 0.236 e. The average Bonchev–Trinajstić information content (AvgIpc) is 2.78. The molecule has 0 aromatic heterocycles. The monoisotopic (exact) mass is 310 g/mol. The van der Waals surface area contributed by atoms with E-state index in [-0.39, 0.29) is 11.3 Å². The van der Waals surface area contributed by atoms with Crippen LogP contribution in [0.3, 0.4) is 0 Å². The van der Waals surface area contributed by atoms with E-state index in [1.807, 2.05) is 4.90 Å². The Labute approximate surface area is 136 Å². The molecule has 0 aromatic carbocycles. The Morgan fingerprint density at radius 1 is 1.23 bits per heavy atom. The summed E-state index contributed by atoms with van der Waals surface area (Å²) in [7, 11) is 0. The summed E-state index contributed by atoms with van der Waals surface area (Å²) in [5.74, 6) is 0.271. The fourth-order valence-corrected chi connectivity index (χ4v) is 3.53. The van der Waals surface area contributed by atoms with Crippen LogP contribution in [0, 0.1) is 5.41 Å². The minimum atomic E-state index is 0.132. The molecule has 1 saturated heterocycles. The van der Waals surface area contributed by atoms with E-state index in [9.17, 15) is 4.79 Å². The lowest BCUT2D eigenvalue weighted by atomic mass is 9.64. The van der Waals surface area contributed by atoms with Gasteiger partial charge in [-0.05, 0) is 25.7 Å². The second-order valence-corrected chi connectivity index (χ2v) is 7.50. The first kappa shape index (κ1) is 17.7. The van der Waals surface area contributed by atoms with Gasteiger partial charge >= 0.3 is 0 Å². The van der Waals surface area contributed by atoms with Gasteiger partial charge in [-0.25, -0.2) is 0 Å². The lowest BCUT2D eigenvalue weighted by Gasteiger charge is -2.52. The third kappa shape index (κ3) is 4.45. The molecule has 4 nitrogen and oxygen atoms in total. The number of carbonyl (C=O) groups is 1. The van der Waals surface area contributed by atoms with E-state index in [0.29, 0.717) is 18.7 Å². The predicted molar refractivity (Wildman–Crippen MR) is 89.9 cm³/mol. The van der Waals surface area contributed by atoms with Gasteiger partial charge in [-0.15, -0.1) is 0 Å². The summed E-state index contributed by atoms with van der Waals surface area (Å²) < 4.78 is 5.97. The lowest BCUT2D eigenvalue weighted by Crippen LogP contribution is -2.62. The molecule has 1 aliphatic carbocycles. The standard InChI is InChI=1S/C18H34N2O2/c1-4-5-12-22-16-13-15(18(16,2)3)19-14-17(21)20-10-8-6-7-9-11-20/h15-16,19H,4-14H2,1-3H3. The number of nitrogens with zero attached hydrogens (tertiary/aromatic N) is 1. The number of likely N-dealkylation sites (tertiary alicyclic amines) is 1. The van der Waals surface area contributed by atoms with Crippen LogP contribution in [0.15, 0.2) is 0 Å². The Balaban J connectivity index is 1.69. The number of rotatable bonds is 7. The zero-order valence-corrected chi connectivity index (χ0v) is 14.7. The van der Waals surface area contributed by atoms with Crippen LogP contribution in [0.5, 0.6) is 0 Å². The highest BCUT2D eigenvalue weighted by Gasteiger charge is 2.48. The number of carbonyl (C=O) groups excluding carboxylic acids is 1. The first-order valence-electron chi connectivity index (χ1n) is 9.18. The molecule has 128 valence electrons. The van der Waals surface area contributed by atoms with Crippen molar-refractivity contribution < 1.29 is 9.53 Å². The molecule has 1 saturated carbocycles. The first-order valence-corrected chi connectivity index (χ1v) is 9.18.